The van der Waals surface area contributed by atoms with Crippen LogP contribution in [-0.2, 0) is 9.59 Å². The van der Waals surface area contributed by atoms with Crippen LogP contribution in [0, 0.1) is 23.7 Å². The Morgan fingerprint density at radius 1 is 0.929 bits per heavy atom. The van der Waals surface area contributed by atoms with E-state index < -0.39 is 12.2 Å². The number of carbonyl (C=O) groups is 2. The molecule has 4 heteroatoms. The van der Waals surface area contributed by atoms with Crippen molar-refractivity contribution in [2.45, 2.75) is 25.0 Å². The molecule has 0 amide bonds. The fraction of sp³-hybridized carbons (Fsp3) is 0.800. The van der Waals surface area contributed by atoms with E-state index in [2.05, 4.69) is 0 Å². The number of rotatable bonds is 0. The van der Waals surface area contributed by atoms with Gasteiger partial charge in [0.2, 0.25) is 0 Å². The van der Waals surface area contributed by atoms with Crippen molar-refractivity contribution in [3.63, 3.8) is 0 Å². The van der Waals surface area contributed by atoms with Crippen molar-refractivity contribution in [3.8, 4) is 0 Å². The van der Waals surface area contributed by atoms with Crippen LogP contribution < -0.4 is 0 Å². The van der Waals surface area contributed by atoms with Crippen molar-refractivity contribution in [1.82, 2.24) is 0 Å². The molecule has 0 radical (unpaired) electrons. The average Bonchev–Trinajstić information content (AvgIpc) is 2.71. The third-order valence-electron chi connectivity index (χ3n) is 4.17. The van der Waals surface area contributed by atoms with Gasteiger partial charge in [0.25, 0.3) is 0 Å². The first kappa shape index (κ1) is 8.56. The molecule has 76 valence electrons. The zero-order valence-electron chi connectivity index (χ0n) is 7.59. The fourth-order valence-corrected chi connectivity index (χ4v) is 3.64. The van der Waals surface area contributed by atoms with E-state index in [1.165, 1.54) is 0 Å². The van der Waals surface area contributed by atoms with Gasteiger partial charge in [-0.05, 0) is 18.3 Å². The first-order chi connectivity index (χ1) is 6.61. The smallest absolute Gasteiger partial charge is 0.144 e. The summed E-state index contributed by atoms with van der Waals surface area (Å²) in [7, 11) is 0. The average molecular weight is 196 g/mol. The van der Waals surface area contributed by atoms with Crippen molar-refractivity contribution in [2.24, 2.45) is 23.7 Å². The van der Waals surface area contributed by atoms with Crippen LogP contribution in [0.25, 0.3) is 0 Å². The lowest BCUT2D eigenvalue weighted by molar-refractivity contribution is -0.129. The summed E-state index contributed by atoms with van der Waals surface area (Å²) in [6.07, 6.45) is -0.941. The molecule has 0 aromatic carbocycles. The Kier molecular flexibility index (Phi) is 1.49. The maximum atomic E-state index is 11.5. The monoisotopic (exact) mass is 196 g/mol. The highest BCUT2D eigenvalue weighted by atomic mass is 16.3. The van der Waals surface area contributed by atoms with E-state index in [9.17, 15) is 19.8 Å². The van der Waals surface area contributed by atoms with Gasteiger partial charge in [0.15, 0.2) is 0 Å². The molecule has 4 nitrogen and oxygen atoms in total. The summed E-state index contributed by atoms with van der Waals surface area (Å²) >= 11 is 0. The minimum atomic E-state index is -0.795. The number of fused-ring (bicyclic) bond motifs is 5. The molecule has 3 aliphatic rings. The molecule has 2 bridgehead atoms. The highest BCUT2D eigenvalue weighted by molar-refractivity contribution is 6.09. The summed E-state index contributed by atoms with van der Waals surface area (Å²) in [6, 6.07) is 0. The second kappa shape index (κ2) is 2.44. The molecule has 0 aromatic rings. The predicted octanol–water partition coefficient (Wildman–Crippen LogP) is -0.868. The summed E-state index contributed by atoms with van der Waals surface area (Å²) < 4.78 is 0. The molecule has 3 aliphatic carbocycles. The Balaban J connectivity index is 2.01. The molecule has 3 fully saturated rings. The number of hydrogen-bond acceptors (Lipinski definition) is 4. The SMILES string of the molecule is O=C1CC(=O)C2C3CC(C(O)C3O)C12. The standard InChI is InChI=1S/C10H12O4/c11-5-2-6(12)8-4-1-3(7(5)8)9(13)10(4)14/h3-4,7-10,13-14H,1-2H2. The van der Waals surface area contributed by atoms with Gasteiger partial charge >= 0.3 is 0 Å². The number of carbonyl (C=O) groups excluding carboxylic acids is 2. The molecule has 3 rings (SSSR count). The van der Waals surface area contributed by atoms with Crippen molar-refractivity contribution in [2.75, 3.05) is 0 Å². The number of ketones is 2. The zero-order valence-corrected chi connectivity index (χ0v) is 7.59. The van der Waals surface area contributed by atoms with Gasteiger partial charge in [0, 0.05) is 11.8 Å². The predicted molar refractivity (Wildman–Crippen MR) is 45.2 cm³/mol. The first-order valence-electron chi connectivity index (χ1n) is 5.03. The molecule has 0 spiro atoms. The van der Waals surface area contributed by atoms with E-state index in [4.69, 9.17) is 0 Å². The van der Waals surface area contributed by atoms with E-state index >= 15 is 0 Å². The molecule has 0 aromatic heterocycles. The van der Waals surface area contributed by atoms with Crippen LogP contribution in [0.4, 0.5) is 0 Å². The van der Waals surface area contributed by atoms with Crippen LogP contribution in [0.2, 0.25) is 0 Å². The summed E-state index contributed by atoms with van der Waals surface area (Å²) in [5.74, 6) is -0.966. The number of Topliss-reactive ketones (excluding diaryl/α,β-unsaturated/α-hetero) is 2. The molecule has 0 aliphatic heterocycles. The molecular weight excluding hydrogens is 184 g/mol. The van der Waals surface area contributed by atoms with Crippen molar-refractivity contribution >= 4 is 11.6 Å². The first-order valence-corrected chi connectivity index (χ1v) is 5.03. The van der Waals surface area contributed by atoms with Crippen LogP contribution in [0.5, 0.6) is 0 Å². The third-order valence-corrected chi connectivity index (χ3v) is 4.17. The number of aliphatic hydroxyl groups is 2. The Hall–Kier alpha value is -0.740. The van der Waals surface area contributed by atoms with E-state index in [0.29, 0.717) is 6.42 Å². The summed E-state index contributed by atoms with van der Waals surface area (Å²) in [5, 5.41) is 19.3. The van der Waals surface area contributed by atoms with Crippen LogP contribution >= 0.6 is 0 Å². The topological polar surface area (TPSA) is 74.6 Å². The van der Waals surface area contributed by atoms with Crippen LogP contribution in [0.1, 0.15) is 12.8 Å². The molecular formula is C10H12O4. The van der Waals surface area contributed by atoms with E-state index in [-0.39, 0.29) is 41.7 Å². The van der Waals surface area contributed by atoms with E-state index in [1.54, 1.807) is 0 Å². The molecule has 2 N–H and O–H groups in total. The van der Waals surface area contributed by atoms with Gasteiger partial charge in [0.1, 0.15) is 11.6 Å². The minimum absolute atomic E-state index is 0.0156. The highest BCUT2D eigenvalue weighted by Crippen LogP contribution is 2.56. The highest BCUT2D eigenvalue weighted by Gasteiger charge is 2.64. The maximum Gasteiger partial charge on any atom is 0.144 e. The Morgan fingerprint density at radius 3 is 1.79 bits per heavy atom. The van der Waals surface area contributed by atoms with Gasteiger partial charge in [0.05, 0.1) is 18.6 Å². The third kappa shape index (κ3) is 0.769. The van der Waals surface area contributed by atoms with Gasteiger partial charge < -0.3 is 10.2 Å². The van der Waals surface area contributed by atoms with Crippen molar-refractivity contribution < 1.29 is 19.8 Å². The zero-order chi connectivity index (χ0) is 10.0. The number of aliphatic hydroxyl groups excluding tert-OH is 2. The van der Waals surface area contributed by atoms with Crippen LogP contribution in [0.3, 0.4) is 0 Å². The largest absolute Gasteiger partial charge is 0.390 e. The quantitative estimate of drug-likeness (QED) is 0.494. The Labute approximate surface area is 80.9 Å². The van der Waals surface area contributed by atoms with Crippen molar-refractivity contribution in [3.05, 3.63) is 0 Å². The Bertz CT molecular complexity index is 294. The van der Waals surface area contributed by atoms with Gasteiger partial charge in [-0.2, -0.15) is 0 Å². The van der Waals surface area contributed by atoms with Gasteiger partial charge in [-0.15, -0.1) is 0 Å². The van der Waals surface area contributed by atoms with Gasteiger partial charge in [-0.1, -0.05) is 0 Å². The van der Waals surface area contributed by atoms with Gasteiger partial charge in [-0.3, -0.25) is 9.59 Å². The lowest BCUT2D eigenvalue weighted by Gasteiger charge is -2.30. The lowest BCUT2D eigenvalue weighted by Crippen LogP contribution is -2.43. The number of hydrogen-bond donors (Lipinski definition) is 2. The van der Waals surface area contributed by atoms with Crippen LogP contribution in [-0.4, -0.2) is 34.0 Å². The molecule has 14 heavy (non-hydrogen) atoms. The van der Waals surface area contributed by atoms with Crippen LogP contribution in [0.15, 0.2) is 0 Å². The van der Waals surface area contributed by atoms with E-state index in [0.717, 1.165) is 0 Å². The van der Waals surface area contributed by atoms with Gasteiger partial charge in [-0.25, -0.2) is 0 Å². The lowest BCUT2D eigenvalue weighted by atomic mass is 9.78. The molecule has 6 atom stereocenters. The minimum Gasteiger partial charge on any atom is -0.390 e. The molecule has 6 unspecified atom stereocenters. The second-order valence-corrected chi connectivity index (χ2v) is 4.71. The Morgan fingerprint density at radius 2 is 1.36 bits per heavy atom. The van der Waals surface area contributed by atoms with E-state index in [1.807, 2.05) is 0 Å². The molecule has 0 heterocycles. The molecule has 0 saturated heterocycles. The second-order valence-electron chi connectivity index (χ2n) is 4.71. The van der Waals surface area contributed by atoms with Crippen molar-refractivity contribution in [1.29, 1.82) is 0 Å². The fourth-order valence-electron chi connectivity index (χ4n) is 3.64. The maximum absolute atomic E-state index is 11.5. The molecule has 3 saturated carbocycles. The summed E-state index contributed by atoms with van der Waals surface area (Å²) in [4.78, 5) is 23.0. The summed E-state index contributed by atoms with van der Waals surface area (Å²) in [5.41, 5.74) is 0. The normalized spacial score (nSPS) is 55.6. The summed E-state index contributed by atoms with van der Waals surface area (Å²) in [6.45, 7) is 0.